The number of hydrogen-bond acceptors (Lipinski definition) is 3. The van der Waals surface area contributed by atoms with Crippen molar-refractivity contribution < 1.29 is 0 Å². The van der Waals surface area contributed by atoms with Gasteiger partial charge in [-0.25, -0.2) is 4.79 Å². The molecule has 0 unspecified atom stereocenters. The summed E-state index contributed by atoms with van der Waals surface area (Å²) in [4.78, 5) is 31.8. The van der Waals surface area contributed by atoms with Crippen molar-refractivity contribution in [3.8, 4) is 0 Å². The number of nitrogens with one attached hydrogen (secondary N) is 2. The Morgan fingerprint density at radius 2 is 1.68 bits per heavy atom. The number of H-pyrrole nitrogens is 2. The lowest BCUT2D eigenvalue weighted by Gasteiger charge is -2.05. The molecule has 0 spiro atoms. The fourth-order valence-electron chi connectivity index (χ4n) is 4.33. The predicted molar refractivity (Wildman–Crippen MR) is 139 cm³/mol. The minimum Gasteiger partial charge on any atom is -0.349 e. The average molecular weight is 512 g/mol. The van der Waals surface area contributed by atoms with Crippen LogP contribution in [0, 0.1) is 0 Å². The van der Waals surface area contributed by atoms with Crippen molar-refractivity contribution in [2.24, 2.45) is 5.10 Å². The van der Waals surface area contributed by atoms with Crippen LogP contribution < -0.4 is 11.2 Å². The Kier molecular flexibility index (Phi) is 4.81. The zero-order valence-electron chi connectivity index (χ0n) is 17.8. The van der Waals surface area contributed by atoms with Crippen LogP contribution in [0.1, 0.15) is 11.1 Å². The molecule has 0 bridgehead atoms. The van der Waals surface area contributed by atoms with Crippen LogP contribution in [-0.2, 0) is 6.54 Å². The SMILES string of the molecule is O=c1[nH]c2c([nH]c3ccc(Br)cc32)c(=O)n1N=Cc1cn(Cc2ccccc2)c2ccccc12. The molecular formula is C26H18BrN5O2. The molecule has 3 aromatic heterocycles. The second kappa shape index (κ2) is 8.00. The van der Waals surface area contributed by atoms with Crippen LogP contribution in [0.3, 0.4) is 0 Å². The molecule has 0 aliphatic carbocycles. The molecule has 0 fully saturated rings. The van der Waals surface area contributed by atoms with Crippen LogP contribution in [0.15, 0.2) is 98.2 Å². The van der Waals surface area contributed by atoms with E-state index in [1.54, 1.807) is 6.21 Å². The smallest absolute Gasteiger partial charge is 0.349 e. The van der Waals surface area contributed by atoms with E-state index in [-0.39, 0.29) is 0 Å². The van der Waals surface area contributed by atoms with Gasteiger partial charge in [-0.3, -0.25) is 4.79 Å². The molecule has 3 heterocycles. The van der Waals surface area contributed by atoms with E-state index >= 15 is 0 Å². The van der Waals surface area contributed by atoms with Crippen LogP contribution in [0.5, 0.6) is 0 Å². The van der Waals surface area contributed by atoms with Crippen LogP contribution in [0.25, 0.3) is 32.8 Å². The highest BCUT2D eigenvalue weighted by atomic mass is 79.9. The monoisotopic (exact) mass is 511 g/mol. The summed E-state index contributed by atoms with van der Waals surface area (Å²) >= 11 is 3.43. The summed E-state index contributed by atoms with van der Waals surface area (Å²) in [6.45, 7) is 0.701. The number of aromatic amines is 2. The number of nitrogens with zero attached hydrogens (tertiary/aromatic N) is 3. The van der Waals surface area contributed by atoms with Gasteiger partial charge in [0.1, 0.15) is 5.52 Å². The highest BCUT2D eigenvalue weighted by Gasteiger charge is 2.13. The van der Waals surface area contributed by atoms with Crippen molar-refractivity contribution in [2.45, 2.75) is 6.54 Å². The lowest BCUT2D eigenvalue weighted by Crippen LogP contribution is -2.32. The van der Waals surface area contributed by atoms with Gasteiger partial charge in [-0.1, -0.05) is 64.5 Å². The molecule has 2 N–H and O–H groups in total. The standard InChI is InChI=1S/C26H18BrN5O2/c27-18-10-11-21-20(12-18)23-24(29-21)25(33)32(26(34)30-23)28-13-17-15-31(14-16-6-2-1-3-7-16)22-9-5-4-8-19(17)22/h1-13,15,29H,14H2,(H,30,34). The van der Waals surface area contributed by atoms with Gasteiger partial charge in [0.25, 0.3) is 0 Å². The molecule has 0 saturated heterocycles. The number of benzene rings is 3. The third kappa shape index (κ3) is 3.39. The van der Waals surface area contributed by atoms with Gasteiger partial charge in [0, 0.05) is 44.6 Å². The van der Waals surface area contributed by atoms with Crippen LogP contribution >= 0.6 is 15.9 Å². The quantitative estimate of drug-likeness (QED) is 0.332. The maximum absolute atomic E-state index is 13.1. The van der Waals surface area contributed by atoms with Gasteiger partial charge in [0.05, 0.1) is 11.7 Å². The molecule has 34 heavy (non-hydrogen) atoms. The summed E-state index contributed by atoms with van der Waals surface area (Å²) < 4.78 is 3.85. The Bertz CT molecular complexity index is 1840. The molecule has 166 valence electrons. The summed E-state index contributed by atoms with van der Waals surface area (Å²) in [5.74, 6) is 0. The molecule has 8 heteroatoms. The van der Waals surface area contributed by atoms with Gasteiger partial charge in [-0.05, 0) is 29.8 Å². The molecule has 3 aromatic carbocycles. The van der Waals surface area contributed by atoms with Crippen LogP contribution in [-0.4, -0.2) is 25.4 Å². The molecule has 0 amide bonds. The van der Waals surface area contributed by atoms with Gasteiger partial charge in [0.15, 0.2) is 0 Å². The lowest BCUT2D eigenvalue weighted by molar-refractivity contribution is 0.770. The Morgan fingerprint density at radius 3 is 2.53 bits per heavy atom. The van der Waals surface area contributed by atoms with Gasteiger partial charge >= 0.3 is 11.2 Å². The van der Waals surface area contributed by atoms with Crippen molar-refractivity contribution in [3.05, 3.63) is 115 Å². The van der Waals surface area contributed by atoms with E-state index in [0.29, 0.717) is 17.6 Å². The molecular weight excluding hydrogens is 494 g/mol. The number of rotatable bonds is 4. The fourth-order valence-corrected chi connectivity index (χ4v) is 4.69. The van der Waals surface area contributed by atoms with Crippen molar-refractivity contribution >= 4 is 55.0 Å². The molecule has 6 rings (SSSR count). The lowest BCUT2D eigenvalue weighted by atomic mass is 10.2. The number of hydrogen-bond donors (Lipinski definition) is 2. The predicted octanol–water partition coefficient (Wildman–Crippen LogP) is 4.82. The maximum atomic E-state index is 13.1. The largest absolute Gasteiger partial charge is 0.350 e. The van der Waals surface area contributed by atoms with E-state index < -0.39 is 11.2 Å². The molecule has 0 radical (unpaired) electrons. The zero-order valence-corrected chi connectivity index (χ0v) is 19.4. The summed E-state index contributed by atoms with van der Waals surface area (Å²) in [7, 11) is 0. The first kappa shape index (κ1) is 20.4. The second-order valence-electron chi connectivity index (χ2n) is 8.07. The van der Waals surface area contributed by atoms with E-state index in [9.17, 15) is 9.59 Å². The van der Waals surface area contributed by atoms with E-state index in [1.807, 2.05) is 66.9 Å². The molecule has 0 aliphatic rings. The van der Waals surface area contributed by atoms with Crippen LogP contribution in [0.4, 0.5) is 0 Å². The summed E-state index contributed by atoms with van der Waals surface area (Å²) in [5.41, 5.74) is 3.47. The van der Waals surface area contributed by atoms with E-state index in [4.69, 9.17) is 0 Å². The second-order valence-corrected chi connectivity index (χ2v) is 8.99. The average Bonchev–Trinajstić information content (AvgIpc) is 3.38. The van der Waals surface area contributed by atoms with Crippen molar-refractivity contribution in [1.82, 2.24) is 19.2 Å². The van der Waals surface area contributed by atoms with Crippen molar-refractivity contribution in [3.63, 3.8) is 0 Å². The summed E-state index contributed by atoms with van der Waals surface area (Å²) in [6, 6.07) is 23.8. The van der Waals surface area contributed by atoms with Crippen LogP contribution in [0.2, 0.25) is 0 Å². The Hall–Kier alpha value is -4.17. The minimum atomic E-state index is -0.595. The number of para-hydroxylation sites is 1. The highest BCUT2D eigenvalue weighted by Crippen LogP contribution is 2.24. The first-order valence-electron chi connectivity index (χ1n) is 10.7. The fraction of sp³-hybridized carbons (Fsp3) is 0.0385. The third-order valence-electron chi connectivity index (χ3n) is 5.92. The van der Waals surface area contributed by atoms with Gasteiger partial charge in [0.2, 0.25) is 0 Å². The van der Waals surface area contributed by atoms with Gasteiger partial charge in [-0.15, -0.1) is 4.68 Å². The first-order chi connectivity index (χ1) is 16.6. The Labute approximate surface area is 201 Å². The van der Waals surface area contributed by atoms with Gasteiger partial charge in [-0.2, -0.15) is 5.10 Å². The van der Waals surface area contributed by atoms with E-state index in [1.165, 1.54) is 5.56 Å². The van der Waals surface area contributed by atoms with E-state index in [2.05, 4.69) is 47.7 Å². The number of aromatic nitrogens is 4. The van der Waals surface area contributed by atoms with Gasteiger partial charge < -0.3 is 14.5 Å². The Morgan fingerprint density at radius 1 is 0.882 bits per heavy atom. The minimum absolute atomic E-state index is 0.302. The Balaban J connectivity index is 1.46. The van der Waals surface area contributed by atoms with Crippen molar-refractivity contribution in [2.75, 3.05) is 0 Å². The number of fused-ring (bicyclic) bond motifs is 4. The maximum Gasteiger partial charge on any atom is 0.350 e. The summed E-state index contributed by atoms with van der Waals surface area (Å²) in [5, 5.41) is 6.03. The molecule has 0 aliphatic heterocycles. The molecule has 6 aromatic rings. The van der Waals surface area contributed by atoms with E-state index in [0.717, 1.165) is 36.5 Å². The number of halogens is 1. The molecule has 0 atom stereocenters. The van der Waals surface area contributed by atoms with Crippen molar-refractivity contribution in [1.29, 1.82) is 0 Å². The summed E-state index contributed by atoms with van der Waals surface area (Å²) in [6.07, 6.45) is 3.55. The normalized spacial score (nSPS) is 11.9. The molecule has 0 saturated carbocycles. The highest BCUT2D eigenvalue weighted by molar-refractivity contribution is 9.10. The zero-order chi connectivity index (χ0) is 23.2. The third-order valence-corrected chi connectivity index (χ3v) is 6.41. The first-order valence-corrected chi connectivity index (χ1v) is 11.5. The topological polar surface area (TPSA) is 87.9 Å². The molecule has 7 nitrogen and oxygen atoms in total.